The minimum atomic E-state index is -3.85. The highest BCUT2D eigenvalue weighted by atomic mass is 79.9. The number of piperazine rings is 1. The van der Waals surface area contributed by atoms with Crippen LogP contribution >= 0.6 is 43.2 Å². The number of thiophene rings is 1. The first-order valence-corrected chi connectivity index (χ1v) is 8.42. The molecule has 1 saturated heterocycles. The summed E-state index contributed by atoms with van der Waals surface area (Å²) in [5.74, 6) is -1.25. The smallest absolute Gasteiger partial charge is 0.246 e. The summed E-state index contributed by atoms with van der Waals surface area (Å²) in [6, 6.07) is 1.43. The highest BCUT2D eigenvalue weighted by Gasteiger charge is 2.34. The predicted octanol–water partition coefficient (Wildman–Crippen LogP) is 0.920. The van der Waals surface area contributed by atoms with Gasteiger partial charge < -0.3 is 0 Å². The van der Waals surface area contributed by atoms with E-state index in [0.29, 0.717) is 7.57 Å². The second-order valence-corrected chi connectivity index (χ2v) is 9.09. The molecule has 2 amide bonds. The van der Waals surface area contributed by atoms with Crippen LogP contribution in [0, 0.1) is 0 Å². The fourth-order valence-electron chi connectivity index (χ4n) is 1.42. The van der Waals surface area contributed by atoms with Crippen LogP contribution in [0.1, 0.15) is 0 Å². The summed E-state index contributed by atoms with van der Waals surface area (Å²) in [7, 11) is -3.85. The van der Waals surface area contributed by atoms with Gasteiger partial charge in [0.25, 0.3) is 0 Å². The standard InChI is InChI=1S/C8H6Br2N2O4S2/c9-5-1-4(8(10)17-5)18(15,16)12-2-6(13)11-7(14)3-12/h1H,2-3H2,(H,11,13,14). The summed E-state index contributed by atoms with van der Waals surface area (Å²) in [6.07, 6.45) is 0. The van der Waals surface area contributed by atoms with Crippen LogP contribution in [-0.2, 0) is 19.6 Å². The molecule has 0 spiro atoms. The van der Waals surface area contributed by atoms with E-state index in [1.807, 2.05) is 0 Å². The summed E-state index contributed by atoms with van der Waals surface area (Å²) in [4.78, 5) is 22.4. The van der Waals surface area contributed by atoms with Gasteiger partial charge in [-0.1, -0.05) is 0 Å². The van der Waals surface area contributed by atoms with Gasteiger partial charge in [-0.2, -0.15) is 4.31 Å². The first-order chi connectivity index (χ1) is 8.30. The van der Waals surface area contributed by atoms with E-state index < -0.39 is 21.8 Å². The Morgan fingerprint density at radius 3 is 2.22 bits per heavy atom. The molecule has 1 N–H and O–H groups in total. The second kappa shape index (κ2) is 5.00. The van der Waals surface area contributed by atoms with Gasteiger partial charge in [0.05, 0.1) is 20.7 Å². The van der Waals surface area contributed by atoms with Crippen molar-refractivity contribution in [2.24, 2.45) is 0 Å². The molecule has 10 heteroatoms. The molecule has 18 heavy (non-hydrogen) atoms. The Morgan fingerprint density at radius 1 is 1.22 bits per heavy atom. The highest BCUT2D eigenvalue weighted by molar-refractivity contribution is 9.12. The lowest BCUT2D eigenvalue weighted by atomic mass is 10.4. The summed E-state index contributed by atoms with van der Waals surface area (Å²) >= 11 is 7.53. The summed E-state index contributed by atoms with van der Waals surface area (Å²) in [5.41, 5.74) is 0. The third kappa shape index (κ3) is 2.67. The number of nitrogens with zero attached hydrogens (tertiary/aromatic N) is 1. The van der Waals surface area contributed by atoms with Gasteiger partial charge in [0, 0.05) is 0 Å². The number of halogens is 2. The van der Waals surface area contributed by atoms with Crippen molar-refractivity contribution in [3.05, 3.63) is 13.6 Å². The van der Waals surface area contributed by atoms with Gasteiger partial charge in [0.2, 0.25) is 21.8 Å². The predicted molar refractivity (Wildman–Crippen MR) is 71.6 cm³/mol. The number of carbonyl (C=O) groups is 2. The number of rotatable bonds is 2. The Labute approximate surface area is 124 Å². The van der Waals surface area contributed by atoms with Gasteiger partial charge in [-0.15, -0.1) is 11.3 Å². The van der Waals surface area contributed by atoms with Crippen LogP contribution in [0.2, 0.25) is 0 Å². The van der Waals surface area contributed by atoms with Gasteiger partial charge >= 0.3 is 0 Å². The second-order valence-electron chi connectivity index (χ2n) is 3.43. The summed E-state index contributed by atoms with van der Waals surface area (Å²) in [5, 5.41) is 2.05. The van der Waals surface area contributed by atoms with E-state index in [2.05, 4.69) is 37.2 Å². The molecule has 2 rings (SSSR count). The molecule has 1 aliphatic rings. The zero-order valence-electron chi connectivity index (χ0n) is 8.64. The zero-order valence-corrected chi connectivity index (χ0v) is 13.4. The Balaban J connectivity index is 2.40. The minimum Gasteiger partial charge on any atom is -0.294 e. The summed E-state index contributed by atoms with van der Waals surface area (Å²) in [6.45, 7) is -0.706. The van der Waals surface area contributed by atoms with Crippen LogP contribution in [-0.4, -0.2) is 37.6 Å². The van der Waals surface area contributed by atoms with Gasteiger partial charge in [0.15, 0.2) is 0 Å². The van der Waals surface area contributed by atoms with E-state index in [0.717, 1.165) is 4.31 Å². The zero-order chi connectivity index (χ0) is 13.5. The Bertz CT molecular complexity index is 609. The quantitative estimate of drug-likeness (QED) is 0.725. The third-order valence-corrected chi connectivity index (χ3v) is 6.71. The topological polar surface area (TPSA) is 83.6 Å². The van der Waals surface area contributed by atoms with E-state index in [1.165, 1.54) is 17.4 Å². The minimum absolute atomic E-state index is 0.0434. The molecule has 1 aliphatic heterocycles. The number of hydrogen-bond acceptors (Lipinski definition) is 5. The third-order valence-electron chi connectivity index (χ3n) is 2.16. The van der Waals surface area contributed by atoms with Gasteiger partial charge in [-0.25, -0.2) is 8.42 Å². The molecule has 0 aromatic carbocycles. The van der Waals surface area contributed by atoms with Crippen molar-refractivity contribution in [1.29, 1.82) is 0 Å². The number of sulfonamides is 1. The molecule has 6 nitrogen and oxygen atoms in total. The SMILES string of the molecule is O=C1CN(S(=O)(=O)c2cc(Br)sc2Br)CC(=O)N1. The maximum Gasteiger partial charge on any atom is 0.246 e. The van der Waals surface area contributed by atoms with Gasteiger partial charge in [0.1, 0.15) is 4.90 Å². The first-order valence-electron chi connectivity index (χ1n) is 4.58. The maximum absolute atomic E-state index is 12.3. The molecule has 0 unspecified atom stereocenters. The number of nitrogens with one attached hydrogen (secondary N) is 1. The molecular formula is C8H6Br2N2O4S2. The van der Waals surface area contributed by atoms with E-state index in [9.17, 15) is 18.0 Å². The van der Waals surface area contributed by atoms with Crippen LogP contribution in [0.3, 0.4) is 0 Å². The van der Waals surface area contributed by atoms with E-state index in [4.69, 9.17) is 0 Å². The van der Waals surface area contributed by atoms with Gasteiger partial charge in [-0.3, -0.25) is 14.9 Å². The number of hydrogen-bond donors (Lipinski definition) is 1. The van der Waals surface area contributed by atoms with Crippen molar-refractivity contribution < 1.29 is 18.0 Å². The van der Waals surface area contributed by atoms with E-state index in [-0.39, 0.29) is 18.0 Å². The van der Waals surface area contributed by atoms with Crippen molar-refractivity contribution in [3.8, 4) is 0 Å². The average Bonchev–Trinajstić information content (AvgIpc) is 2.57. The number of amides is 2. The molecular weight excluding hydrogens is 412 g/mol. The molecule has 1 fully saturated rings. The Kier molecular flexibility index (Phi) is 3.93. The molecule has 98 valence electrons. The van der Waals surface area contributed by atoms with Crippen LogP contribution in [0.15, 0.2) is 18.5 Å². The fourth-order valence-corrected chi connectivity index (χ4v) is 6.54. The van der Waals surface area contributed by atoms with Crippen LogP contribution in [0.4, 0.5) is 0 Å². The molecule has 0 radical (unpaired) electrons. The van der Waals surface area contributed by atoms with Gasteiger partial charge in [-0.05, 0) is 37.9 Å². The van der Waals surface area contributed by atoms with Crippen molar-refractivity contribution in [3.63, 3.8) is 0 Å². The monoisotopic (exact) mass is 416 g/mol. The normalized spacial score (nSPS) is 17.9. The van der Waals surface area contributed by atoms with Crippen molar-refractivity contribution in [1.82, 2.24) is 9.62 Å². The van der Waals surface area contributed by atoms with Crippen molar-refractivity contribution >= 4 is 65.0 Å². The fraction of sp³-hybridized carbons (Fsp3) is 0.250. The Morgan fingerprint density at radius 2 is 1.78 bits per heavy atom. The lowest BCUT2D eigenvalue weighted by Gasteiger charge is -2.24. The molecule has 0 aliphatic carbocycles. The Hall–Kier alpha value is -0.290. The van der Waals surface area contributed by atoms with E-state index >= 15 is 0 Å². The lowest BCUT2D eigenvalue weighted by Crippen LogP contribution is -2.53. The average molecular weight is 418 g/mol. The number of imide groups is 1. The van der Waals surface area contributed by atoms with Crippen LogP contribution in [0.5, 0.6) is 0 Å². The van der Waals surface area contributed by atoms with Crippen molar-refractivity contribution in [2.45, 2.75) is 4.90 Å². The summed E-state index contributed by atoms with van der Waals surface area (Å²) < 4.78 is 26.4. The largest absolute Gasteiger partial charge is 0.294 e. The lowest BCUT2D eigenvalue weighted by molar-refractivity contribution is -0.134. The number of carbonyl (C=O) groups excluding carboxylic acids is 2. The molecule has 1 aromatic rings. The first kappa shape index (κ1) is 14.1. The molecule has 0 saturated carbocycles. The molecule has 2 heterocycles. The molecule has 1 aromatic heterocycles. The highest BCUT2D eigenvalue weighted by Crippen LogP contribution is 2.36. The van der Waals surface area contributed by atoms with Crippen molar-refractivity contribution in [2.75, 3.05) is 13.1 Å². The maximum atomic E-state index is 12.3. The van der Waals surface area contributed by atoms with Crippen LogP contribution < -0.4 is 5.32 Å². The molecule has 0 atom stereocenters. The molecule has 0 bridgehead atoms. The van der Waals surface area contributed by atoms with E-state index in [1.54, 1.807) is 0 Å². The van der Waals surface area contributed by atoms with Crippen LogP contribution in [0.25, 0.3) is 0 Å².